The van der Waals surface area contributed by atoms with Crippen molar-refractivity contribution < 1.29 is 0 Å². The fourth-order valence-corrected chi connectivity index (χ4v) is 4.09. The van der Waals surface area contributed by atoms with Crippen LogP contribution in [0.4, 0.5) is 0 Å². The van der Waals surface area contributed by atoms with E-state index in [2.05, 4.69) is 50.2 Å². The molecule has 6 nitrogen and oxygen atoms in total. The third kappa shape index (κ3) is 4.03. The van der Waals surface area contributed by atoms with Crippen molar-refractivity contribution in [1.29, 1.82) is 0 Å². The molecule has 0 fully saturated rings. The van der Waals surface area contributed by atoms with Crippen molar-refractivity contribution in [2.24, 2.45) is 0 Å². The maximum absolute atomic E-state index is 6.09. The van der Waals surface area contributed by atoms with E-state index in [1.54, 1.807) is 11.8 Å². The van der Waals surface area contributed by atoms with Crippen LogP contribution in [-0.2, 0) is 5.75 Å². The molecule has 3 aromatic heterocycles. The highest BCUT2D eigenvalue weighted by molar-refractivity contribution is 7.98. The highest BCUT2D eigenvalue weighted by Crippen LogP contribution is 2.29. The Bertz CT molecular complexity index is 1130. The molecule has 0 saturated heterocycles. The lowest BCUT2D eigenvalue weighted by atomic mass is 10.2. The summed E-state index contributed by atoms with van der Waals surface area (Å²) in [5.41, 5.74) is 4.16. The highest BCUT2D eigenvalue weighted by Gasteiger charge is 2.21. The number of benzene rings is 1. The molecule has 8 heteroatoms. The molecule has 0 spiro atoms. The average molecular weight is 427 g/mol. The zero-order valence-corrected chi connectivity index (χ0v) is 18.4. The first-order chi connectivity index (χ1) is 13.9. The Balaban J connectivity index is 1.67. The predicted octanol–water partition coefficient (Wildman–Crippen LogP) is 4.79. The Morgan fingerprint density at radius 2 is 1.90 bits per heavy atom. The number of halogens is 1. The summed E-state index contributed by atoms with van der Waals surface area (Å²) in [6.45, 7) is 4.20. The van der Waals surface area contributed by atoms with Gasteiger partial charge in [0, 0.05) is 28.9 Å². The van der Waals surface area contributed by atoms with Gasteiger partial charge in [-0.15, -0.1) is 10.2 Å². The van der Waals surface area contributed by atoms with Crippen LogP contribution in [-0.4, -0.2) is 43.1 Å². The van der Waals surface area contributed by atoms with E-state index in [0.29, 0.717) is 10.8 Å². The maximum Gasteiger partial charge on any atom is 0.196 e. The van der Waals surface area contributed by atoms with Crippen molar-refractivity contribution in [3.63, 3.8) is 0 Å². The first kappa shape index (κ1) is 19.9. The van der Waals surface area contributed by atoms with E-state index in [0.717, 1.165) is 33.6 Å². The van der Waals surface area contributed by atoms with Gasteiger partial charge in [-0.3, -0.25) is 9.47 Å². The molecule has 0 N–H and O–H groups in total. The van der Waals surface area contributed by atoms with Gasteiger partial charge in [0.15, 0.2) is 11.0 Å². The molecule has 0 radical (unpaired) electrons. The fraction of sp³-hybridized carbons (Fsp3) is 0.286. The van der Waals surface area contributed by atoms with Crippen LogP contribution >= 0.6 is 23.4 Å². The van der Waals surface area contributed by atoms with Crippen molar-refractivity contribution in [3.8, 4) is 5.69 Å². The SMILES string of the molecule is Cc1cccn2cc(CSc3nnc(C(C)N(C)C)n3-c3ccc(Cl)cc3)nc12. The van der Waals surface area contributed by atoms with Gasteiger partial charge in [0.05, 0.1) is 11.7 Å². The second-order valence-corrected chi connectivity index (χ2v) is 8.61. The number of fused-ring (bicyclic) bond motifs is 1. The van der Waals surface area contributed by atoms with E-state index in [4.69, 9.17) is 16.6 Å². The van der Waals surface area contributed by atoms with Gasteiger partial charge in [0.25, 0.3) is 0 Å². The molecule has 0 amide bonds. The van der Waals surface area contributed by atoms with E-state index >= 15 is 0 Å². The van der Waals surface area contributed by atoms with E-state index in [-0.39, 0.29) is 6.04 Å². The second kappa shape index (κ2) is 8.18. The topological polar surface area (TPSA) is 51.2 Å². The van der Waals surface area contributed by atoms with Crippen LogP contribution in [0.5, 0.6) is 0 Å². The smallest absolute Gasteiger partial charge is 0.196 e. The summed E-state index contributed by atoms with van der Waals surface area (Å²) in [7, 11) is 4.08. The normalized spacial score (nSPS) is 12.8. The number of hydrogen-bond donors (Lipinski definition) is 0. The van der Waals surface area contributed by atoms with Gasteiger partial charge in [-0.25, -0.2) is 4.98 Å². The van der Waals surface area contributed by atoms with Crippen LogP contribution in [0, 0.1) is 6.92 Å². The van der Waals surface area contributed by atoms with E-state index < -0.39 is 0 Å². The third-order valence-electron chi connectivity index (χ3n) is 4.97. The van der Waals surface area contributed by atoms with Gasteiger partial charge >= 0.3 is 0 Å². The van der Waals surface area contributed by atoms with Crippen LogP contribution < -0.4 is 0 Å². The Hall–Kier alpha value is -2.35. The molecular weight excluding hydrogens is 404 g/mol. The monoisotopic (exact) mass is 426 g/mol. The van der Waals surface area contributed by atoms with Crippen LogP contribution in [0.25, 0.3) is 11.3 Å². The van der Waals surface area contributed by atoms with Crippen molar-refractivity contribution in [2.45, 2.75) is 30.8 Å². The van der Waals surface area contributed by atoms with Crippen molar-refractivity contribution in [2.75, 3.05) is 14.1 Å². The minimum absolute atomic E-state index is 0.116. The third-order valence-corrected chi connectivity index (χ3v) is 6.18. The van der Waals surface area contributed by atoms with Gasteiger partial charge in [-0.05, 0) is 63.8 Å². The van der Waals surface area contributed by atoms with Gasteiger partial charge in [0.1, 0.15) is 5.65 Å². The van der Waals surface area contributed by atoms with Crippen LogP contribution in [0.3, 0.4) is 0 Å². The number of thioether (sulfide) groups is 1. The number of imidazole rings is 1. The number of hydrogen-bond acceptors (Lipinski definition) is 5. The van der Waals surface area contributed by atoms with E-state index in [1.807, 2.05) is 50.6 Å². The summed E-state index contributed by atoms with van der Waals surface area (Å²) < 4.78 is 4.17. The number of pyridine rings is 1. The lowest BCUT2D eigenvalue weighted by Crippen LogP contribution is -2.20. The first-order valence-electron chi connectivity index (χ1n) is 9.37. The van der Waals surface area contributed by atoms with Gasteiger partial charge in [-0.1, -0.05) is 29.4 Å². The molecule has 29 heavy (non-hydrogen) atoms. The van der Waals surface area contributed by atoms with Crippen LogP contribution in [0.2, 0.25) is 5.02 Å². The molecule has 1 aromatic carbocycles. The molecule has 1 atom stereocenters. The van der Waals surface area contributed by atoms with Crippen LogP contribution in [0.15, 0.2) is 53.9 Å². The number of aromatic nitrogens is 5. The van der Waals surface area contributed by atoms with Gasteiger partial charge in [-0.2, -0.15) is 0 Å². The summed E-state index contributed by atoms with van der Waals surface area (Å²) in [4.78, 5) is 6.89. The molecule has 4 aromatic rings. The number of aryl methyl sites for hydroxylation is 1. The lowest BCUT2D eigenvalue weighted by Gasteiger charge is -2.20. The Kier molecular flexibility index (Phi) is 5.63. The zero-order chi connectivity index (χ0) is 20.5. The predicted molar refractivity (Wildman–Crippen MR) is 118 cm³/mol. The molecule has 0 aliphatic heterocycles. The Morgan fingerprint density at radius 3 is 2.59 bits per heavy atom. The summed E-state index contributed by atoms with van der Waals surface area (Å²) in [6, 6.07) is 12.0. The highest BCUT2D eigenvalue weighted by atomic mass is 35.5. The van der Waals surface area contributed by atoms with E-state index in [9.17, 15) is 0 Å². The fourth-order valence-electron chi connectivity index (χ4n) is 3.12. The summed E-state index contributed by atoms with van der Waals surface area (Å²) >= 11 is 7.73. The molecule has 1 unspecified atom stereocenters. The molecule has 0 aliphatic carbocycles. The second-order valence-electron chi connectivity index (χ2n) is 7.24. The Labute approximate surface area is 179 Å². The van der Waals surface area contributed by atoms with Gasteiger partial charge in [0.2, 0.25) is 0 Å². The largest absolute Gasteiger partial charge is 0.307 e. The van der Waals surface area contributed by atoms with Gasteiger partial charge < -0.3 is 4.40 Å². The molecular formula is C21H23ClN6S. The molecule has 0 aliphatic rings. The van der Waals surface area contributed by atoms with Crippen molar-refractivity contribution >= 4 is 29.0 Å². The lowest BCUT2D eigenvalue weighted by molar-refractivity contribution is 0.305. The number of rotatable bonds is 6. The van der Waals surface area contributed by atoms with E-state index in [1.165, 1.54) is 0 Å². The first-order valence-corrected chi connectivity index (χ1v) is 10.7. The average Bonchev–Trinajstić information content (AvgIpc) is 3.31. The molecule has 0 saturated carbocycles. The molecule has 3 heterocycles. The summed E-state index contributed by atoms with van der Waals surface area (Å²) in [6.07, 6.45) is 4.10. The van der Waals surface area contributed by atoms with Crippen molar-refractivity contribution in [1.82, 2.24) is 29.0 Å². The maximum atomic E-state index is 6.09. The summed E-state index contributed by atoms with van der Waals surface area (Å²) in [5, 5.41) is 10.5. The zero-order valence-electron chi connectivity index (χ0n) is 16.9. The van der Waals surface area contributed by atoms with Crippen LogP contribution in [0.1, 0.15) is 30.0 Å². The molecule has 150 valence electrons. The molecule has 4 rings (SSSR count). The number of nitrogens with zero attached hydrogens (tertiary/aromatic N) is 6. The summed E-state index contributed by atoms with van der Waals surface area (Å²) in [5.74, 6) is 1.61. The Morgan fingerprint density at radius 1 is 1.14 bits per heavy atom. The standard InChI is InChI=1S/C21H23ClN6S/c1-14-6-5-11-27-12-17(23-19(14)27)13-29-21-25-24-20(15(2)26(3)4)28(21)18-9-7-16(22)8-10-18/h5-12,15H,13H2,1-4H3. The minimum atomic E-state index is 0.116. The quantitative estimate of drug-likeness (QED) is 0.415. The molecule has 0 bridgehead atoms. The van der Waals surface area contributed by atoms with Crippen molar-refractivity contribution in [3.05, 3.63) is 70.9 Å². The minimum Gasteiger partial charge on any atom is -0.307 e.